The van der Waals surface area contributed by atoms with Crippen molar-refractivity contribution in [2.45, 2.75) is 26.7 Å². The summed E-state index contributed by atoms with van der Waals surface area (Å²) in [7, 11) is 0. The van der Waals surface area contributed by atoms with Crippen LogP contribution >= 0.6 is 0 Å². The summed E-state index contributed by atoms with van der Waals surface area (Å²) < 4.78 is 0. The van der Waals surface area contributed by atoms with Crippen molar-refractivity contribution in [3.63, 3.8) is 0 Å². The molecule has 3 N–H and O–H groups in total. The van der Waals surface area contributed by atoms with Crippen LogP contribution in [-0.4, -0.2) is 15.3 Å². The molecule has 0 aliphatic rings. The van der Waals surface area contributed by atoms with E-state index in [4.69, 9.17) is 0 Å². The fourth-order valence-corrected chi connectivity index (χ4v) is 2.44. The van der Waals surface area contributed by atoms with Gasteiger partial charge in [-0.1, -0.05) is 26.0 Å². The summed E-state index contributed by atoms with van der Waals surface area (Å²) in [5.41, 5.74) is 3.83. The van der Waals surface area contributed by atoms with Gasteiger partial charge in [-0.25, -0.2) is 0 Å². The second kappa shape index (κ2) is 5.22. The molecule has 0 radical (unpaired) electrons. The predicted molar refractivity (Wildman–Crippen MR) is 75.6 cm³/mol. The van der Waals surface area contributed by atoms with Gasteiger partial charge in [0.25, 0.3) is 0 Å². The van der Waals surface area contributed by atoms with Crippen LogP contribution in [0.4, 0.5) is 0 Å². The standard InChI is InChI=1S/C16H18O3/c1-3-11-12(4-2)14(17)8-6-13(11)10-5-7-15(18)16(19)9-10/h5-9,17-19H,3-4H2,1-2H3. The first-order chi connectivity index (χ1) is 9.08. The van der Waals surface area contributed by atoms with Gasteiger partial charge in [-0.15, -0.1) is 0 Å². The summed E-state index contributed by atoms with van der Waals surface area (Å²) in [5, 5.41) is 28.9. The minimum absolute atomic E-state index is 0.128. The van der Waals surface area contributed by atoms with Gasteiger partial charge >= 0.3 is 0 Å². The third kappa shape index (κ3) is 2.36. The lowest BCUT2D eigenvalue weighted by atomic mass is 9.92. The largest absolute Gasteiger partial charge is 0.508 e. The molecule has 0 heterocycles. The summed E-state index contributed by atoms with van der Waals surface area (Å²) >= 11 is 0. The van der Waals surface area contributed by atoms with E-state index in [-0.39, 0.29) is 11.5 Å². The Morgan fingerprint density at radius 3 is 1.95 bits per heavy atom. The van der Waals surface area contributed by atoms with E-state index >= 15 is 0 Å². The highest BCUT2D eigenvalue weighted by molar-refractivity contribution is 5.72. The molecule has 0 amide bonds. The summed E-state index contributed by atoms with van der Waals surface area (Å²) in [4.78, 5) is 0. The zero-order valence-electron chi connectivity index (χ0n) is 11.1. The molecule has 3 nitrogen and oxygen atoms in total. The van der Waals surface area contributed by atoms with Crippen LogP contribution in [-0.2, 0) is 12.8 Å². The number of phenols is 3. The SMILES string of the molecule is CCc1c(O)ccc(-c2ccc(O)c(O)c2)c1CC. The van der Waals surface area contributed by atoms with Crippen molar-refractivity contribution in [3.8, 4) is 28.4 Å². The number of phenolic OH excluding ortho intramolecular Hbond substituents is 3. The maximum atomic E-state index is 9.90. The van der Waals surface area contributed by atoms with E-state index in [0.717, 1.165) is 35.1 Å². The molecular weight excluding hydrogens is 240 g/mol. The average Bonchev–Trinajstić information content (AvgIpc) is 2.41. The molecule has 0 aromatic heterocycles. The van der Waals surface area contributed by atoms with Crippen LogP contribution in [0.25, 0.3) is 11.1 Å². The number of aromatic hydroxyl groups is 3. The van der Waals surface area contributed by atoms with Gasteiger partial charge in [-0.05, 0) is 53.3 Å². The van der Waals surface area contributed by atoms with Crippen LogP contribution in [0.1, 0.15) is 25.0 Å². The Balaban J connectivity index is 2.64. The van der Waals surface area contributed by atoms with E-state index in [9.17, 15) is 15.3 Å². The monoisotopic (exact) mass is 258 g/mol. The Morgan fingerprint density at radius 2 is 1.37 bits per heavy atom. The Bertz CT molecular complexity index is 603. The summed E-state index contributed by atoms with van der Waals surface area (Å²) in [6.45, 7) is 4.05. The van der Waals surface area contributed by atoms with E-state index in [0.29, 0.717) is 5.75 Å². The molecule has 2 aromatic carbocycles. The maximum absolute atomic E-state index is 9.90. The minimum atomic E-state index is -0.134. The quantitative estimate of drug-likeness (QED) is 0.737. The molecule has 2 aromatic rings. The van der Waals surface area contributed by atoms with Crippen molar-refractivity contribution >= 4 is 0 Å². The van der Waals surface area contributed by atoms with Crippen LogP contribution in [0.2, 0.25) is 0 Å². The van der Waals surface area contributed by atoms with E-state index in [1.54, 1.807) is 18.2 Å². The molecule has 0 unspecified atom stereocenters. The van der Waals surface area contributed by atoms with Crippen molar-refractivity contribution < 1.29 is 15.3 Å². The van der Waals surface area contributed by atoms with Crippen molar-refractivity contribution in [1.82, 2.24) is 0 Å². The zero-order valence-corrected chi connectivity index (χ0v) is 11.1. The molecule has 100 valence electrons. The topological polar surface area (TPSA) is 60.7 Å². The summed E-state index contributed by atoms with van der Waals surface area (Å²) in [5.74, 6) is 0.0491. The highest BCUT2D eigenvalue weighted by Gasteiger charge is 2.12. The molecule has 19 heavy (non-hydrogen) atoms. The lowest BCUT2D eigenvalue weighted by Gasteiger charge is -2.15. The predicted octanol–water partition coefficient (Wildman–Crippen LogP) is 3.60. The first-order valence-electron chi connectivity index (χ1n) is 6.44. The van der Waals surface area contributed by atoms with Gasteiger partial charge in [0.1, 0.15) is 5.75 Å². The second-order valence-electron chi connectivity index (χ2n) is 4.50. The lowest BCUT2D eigenvalue weighted by Crippen LogP contribution is -1.95. The van der Waals surface area contributed by atoms with Crippen LogP contribution < -0.4 is 0 Å². The van der Waals surface area contributed by atoms with Gasteiger partial charge in [0.05, 0.1) is 0 Å². The maximum Gasteiger partial charge on any atom is 0.158 e. The molecule has 0 aliphatic heterocycles. The molecule has 0 saturated carbocycles. The first kappa shape index (κ1) is 13.3. The Labute approximate surface area is 112 Å². The van der Waals surface area contributed by atoms with Crippen molar-refractivity contribution in [2.24, 2.45) is 0 Å². The summed E-state index contributed by atoms with van der Waals surface area (Å²) in [6, 6.07) is 8.30. The number of hydrogen-bond donors (Lipinski definition) is 3. The van der Waals surface area contributed by atoms with Gasteiger partial charge in [0.15, 0.2) is 11.5 Å². The fraction of sp³-hybridized carbons (Fsp3) is 0.250. The lowest BCUT2D eigenvalue weighted by molar-refractivity contribution is 0.404. The van der Waals surface area contributed by atoms with Gasteiger partial charge < -0.3 is 15.3 Å². The highest BCUT2D eigenvalue weighted by Crippen LogP contribution is 2.36. The second-order valence-corrected chi connectivity index (χ2v) is 4.50. The van der Waals surface area contributed by atoms with Gasteiger partial charge in [0, 0.05) is 0 Å². The van der Waals surface area contributed by atoms with E-state index < -0.39 is 0 Å². The van der Waals surface area contributed by atoms with Gasteiger partial charge in [0.2, 0.25) is 0 Å². The van der Waals surface area contributed by atoms with E-state index in [1.807, 2.05) is 19.9 Å². The first-order valence-corrected chi connectivity index (χ1v) is 6.44. The number of hydrogen-bond acceptors (Lipinski definition) is 3. The molecule has 0 atom stereocenters. The number of rotatable bonds is 3. The van der Waals surface area contributed by atoms with Crippen molar-refractivity contribution in [1.29, 1.82) is 0 Å². The Hall–Kier alpha value is -2.16. The molecule has 0 aliphatic carbocycles. The van der Waals surface area contributed by atoms with Crippen molar-refractivity contribution in [2.75, 3.05) is 0 Å². The van der Waals surface area contributed by atoms with Crippen LogP contribution in [0.15, 0.2) is 30.3 Å². The molecular formula is C16H18O3. The molecule has 2 rings (SSSR count). The van der Waals surface area contributed by atoms with Crippen LogP contribution in [0, 0.1) is 0 Å². The van der Waals surface area contributed by atoms with E-state index in [1.165, 1.54) is 6.07 Å². The fourth-order valence-electron chi connectivity index (χ4n) is 2.44. The molecule has 0 saturated heterocycles. The van der Waals surface area contributed by atoms with Crippen LogP contribution in [0.3, 0.4) is 0 Å². The average molecular weight is 258 g/mol. The minimum Gasteiger partial charge on any atom is -0.508 e. The Kier molecular flexibility index (Phi) is 3.65. The van der Waals surface area contributed by atoms with E-state index in [2.05, 4.69) is 0 Å². The molecule has 0 bridgehead atoms. The Morgan fingerprint density at radius 1 is 0.737 bits per heavy atom. The zero-order chi connectivity index (χ0) is 14.0. The van der Waals surface area contributed by atoms with Gasteiger partial charge in [-0.2, -0.15) is 0 Å². The normalized spacial score (nSPS) is 10.6. The molecule has 0 fully saturated rings. The molecule has 0 spiro atoms. The van der Waals surface area contributed by atoms with Gasteiger partial charge in [-0.3, -0.25) is 0 Å². The molecule has 3 heteroatoms. The summed E-state index contributed by atoms with van der Waals surface area (Å²) in [6.07, 6.45) is 1.56. The smallest absolute Gasteiger partial charge is 0.158 e. The van der Waals surface area contributed by atoms with Crippen LogP contribution in [0.5, 0.6) is 17.2 Å². The third-order valence-electron chi connectivity index (χ3n) is 3.40. The highest BCUT2D eigenvalue weighted by atomic mass is 16.3. The van der Waals surface area contributed by atoms with Crippen molar-refractivity contribution in [3.05, 3.63) is 41.5 Å². The third-order valence-corrected chi connectivity index (χ3v) is 3.40. The number of benzene rings is 2.